The fourth-order valence-electron chi connectivity index (χ4n) is 1.61. The van der Waals surface area contributed by atoms with E-state index < -0.39 is 0 Å². The number of halogens is 1. The lowest BCUT2D eigenvalue weighted by Crippen LogP contribution is -2.15. The fraction of sp³-hybridized carbons (Fsp3) is 0.538. The molecule has 2 nitrogen and oxygen atoms in total. The number of rotatable bonds is 5. The predicted octanol–water partition coefficient (Wildman–Crippen LogP) is 2.86. The molecule has 1 saturated carbocycles. The molecule has 16 heavy (non-hydrogen) atoms. The maximum absolute atomic E-state index is 13.3. The van der Waals surface area contributed by atoms with E-state index in [9.17, 15) is 4.39 Å². The Labute approximate surface area is 95.8 Å². The Morgan fingerprint density at radius 3 is 2.75 bits per heavy atom. The summed E-state index contributed by atoms with van der Waals surface area (Å²) >= 11 is 0. The summed E-state index contributed by atoms with van der Waals surface area (Å²) in [5.41, 5.74) is 0.947. The minimum Gasteiger partial charge on any atom is -0.491 e. The van der Waals surface area contributed by atoms with Gasteiger partial charge in [-0.3, -0.25) is 0 Å². The van der Waals surface area contributed by atoms with Crippen molar-refractivity contribution in [1.82, 2.24) is 5.32 Å². The highest BCUT2D eigenvalue weighted by Crippen LogP contribution is 2.21. The molecule has 1 aromatic rings. The van der Waals surface area contributed by atoms with Gasteiger partial charge in [-0.25, -0.2) is 4.39 Å². The van der Waals surface area contributed by atoms with Crippen molar-refractivity contribution < 1.29 is 9.13 Å². The van der Waals surface area contributed by atoms with E-state index in [1.165, 1.54) is 18.9 Å². The largest absolute Gasteiger partial charge is 0.491 e. The molecule has 0 heterocycles. The van der Waals surface area contributed by atoms with Gasteiger partial charge in [0.2, 0.25) is 0 Å². The molecule has 0 spiro atoms. The molecule has 0 amide bonds. The molecule has 1 fully saturated rings. The summed E-state index contributed by atoms with van der Waals surface area (Å²) in [6.45, 7) is 4.59. The summed E-state index contributed by atoms with van der Waals surface area (Å²) in [6.07, 6.45) is 2.56. The average molecular weight is 223 g/mol. The molecule has 0 aromatic heterocycles. The van der Waals surface area contributed by atoms with Crippen LogP contribution in [0.3, 0.4) is 0 Å². The average Bonchev–Trinajstić information content (AvgIpc) is 2.95. The Balaban J connectivity index is 2.01. The summed E-state index contributed by atoms with van der Waals surface area (Å²) < 4.78 is 18.8. The minimum atomic E-state index is -0.231. The Morgan fingerprint density at radius 2 is 2.12 bits per heavy atom. The van der Waals surface area contributed by atoms with Gasteiger partial charge < -0.3 is 10.1 Å². The molecule has 3 heteroatoms. The van der Waals surface area contributed by atoms with Gasteiger partial charge in [-0.2, -0.15) is 0 Å². The standard InChI is InChI=1S/C13H18FNO/c1-9(2)16-13-6-10(5-11(14)7-13)8-15-12-3-4-12/h5-7,9,12,15H,3-4,8H2,1-2H3. The van der Waals surface area contributed by atoms with Gasteiger partial charge in [-0.1, -0.05) is 0 Å². The van der Waals surface area contributed by atoms with E-state index in [0.717, 1.165) is 12.1 Å². The maximum atomic E-state index is 13.3. The Hall–Kier alpha value is -1.09. The van der Waals surface area contributed by atoms with Crippen molar-refractivity contribution in [2.45, 2.75) is 45.4 Å². The number of nitrogens with one attached hydrogen (secondary N) is 1. The van der Waals surface area contributed by atoms with E-state index in [4.69, 9.17) is 4.74 Å². The van der Waals surface area contributed by atoms with Gasteiger partial charge in [0.15, 0.2) is 0 Å². The molecule has 2 rings (SSSR count). The summed E-state index contributed by atoms with van der Waals surface area (Å²) in [7, 11) is 0. The first-order valence-corrected chi connectivity index (χ1v) is 5.83. The monoisotopic (exact) mass is 223 g/mol. The van der Waals surface area contributed by atoms with Crippen LogP contribution >= 0.6 is 0 Å². The lowest BCUT2D eigenvalue weighted by Gasteiger charge is -2.11. The van der Waals surface area contributed by atoms with E-state index in [2.05, 4.69) is 5.32 Å². The van der Waals surface area contributed by atoms with Crippen LogP contribution in [0.5, 0.6) is 5.75 Å². The van der Waals surface area contributed by atoms with Gasteiger partial charge in [0.05, 0.1) is 6.10 Å². The van der Waals surface area contributed by atoms with Crippen LogP contribution in [0.4, 0.5) is 4.39 Å². The number of ether oxygens (including phenoxy) is 1. The summed E-state index contributed by atoms with van der Waals surface area (Å²) in [5, 5.41) is 3.36. The van der Waals surface area contributed by atoms with Gasteiger partial charge in [0.25, 0.3) is 0 Å². The summed E-state index contributed by atoms with van der Waals surface area (Å²) in [5.74, 6) is 0.383. The van der Waals surface area contributed by atoms with Crippen LogP contribution in [0.15, 0.2) is 18.2 Å². The topological polar surface area (TPSA) is 21.3 Å². The van der Waals surface area contributed by atoms with Crippen molar-refractivity contribution in [2.24, 2.45) is 0 Å². The quantitative estimate of drug-likeness (QED) is 0.828. The van der Waals surface area contributed by atoms with Gasteiger partial charge in [0, 0.05) is 18.7 Å². The third-order valence-corrected chi connectivity index (χ3v) is 2.48. The molecule has 1 aliphatic rings. The third kappa shape index (κ3) is 3.49. The van der Waals surface area contributed by atoms with E-state index in [1.807, 2.05) is 19.9 Å². The van der Waals surface area contributed by atoms with Crippen LogP contribution in [-0.4, -0.2) is 12.1 Å². The van der Waals surface area contributed by atoms with Gasteiger partial charge in [-0.15, -0.1) is 0 Å². The highest BCUT2D eigenvalue weighted by atomic mass is 19.1. The van der Waals surface area contributed by atoms with Crippen molar-refractivity contribution in [3.63, 3.8) is 0 Å². The first-order valence-electron chi connectivity index (χ1n) is 5.83. The van der Waals surface area contributed by atoms with Crippen LogP contribution in [0.25, 0.3) is 0 Å². The Kier molecular flexibility index (Phi) is 3.44. The van der Waals surface area contributed by atoms with E-state index in [-0.39, 0.29) is 11.9 Å². The molecular formula is C13H18FNO. The second-order valence-electron chi connectivity index (χ2n) is 4.62. The molecule has 0 aliphatic heterocycles. The maximum Gasteiger partial charge on any atom is 0.127 e. The first kappa shape index (κ1) is 11.4. The second kappa shape index (κ2) is 4.83. The minimum absolute atomic E-state index is 0.0750. The Morgan fingerprint density at radius 1 is 1.38 bits per heavy atom. The van der Waals surface area contributed by atoms with Crippen LogP contribution < -0.4 is 10.1 Å². The van der Waals surface area contributed by atoms with Crippen molar-refractivity contribution in [1.29, 1.82) is 0 Å². The molecule has 0 saturated heterocycles. The van der Waals surface area contributed by atoms with Crippen LogP contribution in [0.2, 0.25) is 0 Å². The second-order valence-corrected chi connectivity index (χ2v) is 4.62. The van der Waals surface area contributed by atoms with Crippen LogP contribution in [-0.2, 0) is 6.54 Å². The fourth-order valence-corrected chi connectivity index (χ4v) is 1.61. The first-order chi connectivity index (χ1) is 7.63. The summed E-state index contributed by atoms with van der Waals surface area (Å²) in [4.78, 5) is 0. The molecule has 1 aliphatic carbocycles. The number of hydrogen-bond acceptors (Lipinski definition) is 2. The summed E-state index contributed by atoms with van der Waals surface area (Å²) in [6, 6.07) is 5.53. The molecule has 0 unspecified atom stereocenters. The van der Waals surface area contributed by atoms with Gasteiger partial charge in [0.1, 0.15) is 11.6 Å². The van der Waals surface area contributed by atoms with Gasteiger partial charge in [-0.05, 0) is 44.4 Å². The van der Waals surface area contributed by atoms with Crippen molar-refractivity contribution >= 4 is 0 Å². The van der Waals surface area contributed by atoms with E-state index in [1.54, 1.807) is 6.07 Å². The van der Waals surface area contributed by atoms with Crippen molar-refractivity contribution in [3.8, 4) is 5.75 Å². The lowest BCUT2D eigenvalue weighted by molar-refractivity contribution is 0.241. The normalized spacial score (nSPS) is 15.5. The molecule has 88 valence electrons. The molecular weight excluding hydrogens is 205 g/mol. The van der Waals surface area contributed by atoms with E-state index in [0.29, 0.717) is 11.8 Å². The van der Waals surface area contributed by atoms with Gasteiger partial charge >= 0.3 is 0 Å². The molecule has 0 bridgehead atoms. The zero-order valence-corrected chi connectivity index (χ0v) is 9.79. The number of hydrogen-bond donors (Lipinski definition) is 1. The SMILES string of the molecule is CC(C)Oc1cc(F)cc(CNC2CC2)c1. The predicted molar refractivity (Wildman–Crippen MR) is 62.0 cm³/mol. The highest BCUT2D eigenvalue weighted by Gasteiger charge is 2.20. The van der Waals surface area contributed by atoms with Crippen LogP contribution in [0.1, 0.15) is 32.3 Å². The lowest BCUT2D eigenvalue weighted by atomic mass is 10.2. The Bertz CT molecular complexity index is 361. The molecule has 0 atom stereocenters. The zero-order chi connectivity index (χ0) is 11.5. The molecule has 1 aromatic carbocycles. The number of benzene rings is 1. The molecule has 1 N–H and O–H groups in total. The van der Waals surface area contributed by atoms with Crippen molar-refractivity contribution in [2.75, 3.05) is 0 Å². The van der Waals surface area contributed by atoms with Crippen LogP contribution in [0, 0.1) is 5.82 Å². The smallest absolute Gasteiger partial charge is 0.127 e. The van der Waals surface area contributed by atoms with E-state index >= 15 is 0 Å². The highest BCUT2D eigenvalue weighted by molar-refractivity contribution is 5.29. The zero-order valence-electron chi connectivity index (χ0n) is 9.79. The molecule has 0 radical (unpaired) electrons. The van der Waals surface area contributed by atoms with Crippen molar-refractivity contribution in [3.05, 3.63) is 29.6 Å². The third-order valence-electron chi connectivity index (χ3n) is 2.48.